The molecule has 0 aliphatic carbocycles. The van der Waals surface area contributed by atoms with Gasteiger partial charge in [-0.25, -0.2) is 0 Å². The third kappa shape index (κ3) is 1.06. The molecule has 2 heterocycles. The predicted octanol–water partition coefficient (Wildman–Crippen LogP) is 1.86. The van der Waals surface area contributed by atoms with E-state index in [9.17, 15) is 10.1 Å². The van der Waals surface area contributed by atoms with Crippen LogP contribution in [0.4, 0.5) is 5.69 Å². The quantitative estimate of drug-likeness (QED) is 0.510. The molecule has 72 valence electrons. The van der Waals surface area contributed by atoms with Crippen LogP contribution >= 0.6 is 0 Å². The fourth-order valence-electron chi connectivity index (χ4n) is 1.60. The van der Waals surface area contributed by atoms with Crippen molar-refractivity contribution < 1.29 is 4.92 Å². The average Bonchev–Trinajstić information content (AvgIpc) is 2.46. The number of fused-ring (bicyclic) bond motifs is 1. The molecule has 14 heavy (non-hydrogen) atoms. The highest BCUT2D eigenvalue weighted by atomic mass is 16.6. The van der Waals surface area contributed by atoms with Crippen LogP contribution in [-0.4, -0.2) is 14.3 Å². The zero-order chi connectivity index (χ0) is 10.3. The number of rotatable bonds is 1. The number of aryl methyl sites for hydroxylation is 2. The summed E-state index contributed by atoms with van der Waals surface area (Å²) < 4.78 is 1.78. The SMILES string of the molecule is Cc1nccn2c(C)cc([N+](=O)[O-])c12. The van der Waals surface area contributed by atoms with Crippen LogP contribution in [0.2, 0.25) is 0 Å². The summed E-state index contributed by atoms with van der Waals surface area (Å²) in [6, 6.07) is 1.56. The first-order chi connectivity index (χ1) is 6.61. The van der Waals surface area contributed by atoms with Gasteiger partial charge < -0.3 is 4.40 Å². The zero-order valence-corrected chi connectivity index (χ0v) is 7.89. The lowest BCUT2D eigenvalue weighted by atomic mass is 10.3. The molecule has 0 aliphatic heterocycles. The molecule has 0 saturated heterocycles. The second kappa shape index (κ2) is 2.80. The Hall–Kier alpha value is -1.91. The van der Waals surface area contributed by atoms with E-state index in [2.05, 4.69) is 4.98 Å². The molecule has 0 atom stereocenters. The summed E-state index contributed by atoms with van der Waals surface area (Å²) in [5.74, 6) is 0. The van der Waals surface area contributed by atoms with Gasteiger partial charge in [0.1, 0.15) is 5.52 Å². The molecule has 0 aromatic carbocycles. The summed E-state index contributed by atoms with van der Waals surface area (Å²) in [4.78, 5) is 14.4. The number of hydrogen-bond donors (Lipinski definition) is 0. The highest BCUT2D eigenvalue weighted by molar-refractivity contribution is 5.70. The molecule has 0 fully saturated rings. The van der Waals surface area contributed by atoms with E-state index in [0.29, 0.717) is 11.2 Å². The Morgan fingerprint density at radius 1 is 1.50 bits per heavy atom. The van der Waals surface area contributed by atoms with Crippen molar-refractivity contribution >= 4 is 11.2 Å². The third-order valence-electron chi connectivity index (χ3n) is 2.23. The van der Waals surface area contributed by atoms with Crippen LogP contribution < -0.4 is 0 Å². The van der Waals surface area contributed by atoms with Crippen LogP contribution in [-0.2, 0) is 0 Å². The Kier molecular flexibility index (Phi) is 1.73. The van der Waals surface area contributed by atoms with Gasteiger partial charge in [-0.2, -0.15) is 0 Å². The molecular weight excluding hydrogens is 182 g/mol. The van der Waals surface area contributed by atoms with Crippen molar-refractivity contribution in [3.63, 3.8) is 0 Å². The van der Waals surface area contributed by atoms with Crippen molar-refractivity contribution in [2.75, 3.05) is 0 Å². The Morgan fingerprint density at radius 3 is 2.86 bits per heavy atom. The molecular formula is C9H9N3O2. The topological polar surface area (TPSA) is 60.4 Å². The van der Waals surface area contributed by atoms with Crippen LogP contribution in [0.3, 0.4) is 0 Å². The fraction of sp³-hybridized carbons (Fsp3) is 0.222. The van der Waals surface area contributed by atoms with Gasteiger partial charge in [0.05, 0.1) is 10.6 Å². The smallest absolute Gasteiger partial charge is 0.296 e. The molecule has 0 saturated carbocycles. The molecule has 0 bridgehead atoms. The first kappa shape index (κ1) is 8.68. The van der Waals surface area contributed by atoms with Crippen molar-refractivity contribution in [3.05, 3.63) is 40.0 Å². The lowest BCUT2D eigenvalue weighted by Crippen LogP contribution is -1.93. The fourth-order valence-corrected chi connectivity index (χ4v) is 1.60. The van der Waals surface area contributed by atoms with Gasteiger partial charge >= 0.3 is 0 Å². The highest BCUT2D eigenvalue weighted by Gasteiger charge is 2.17. The van der Waals surface area contributed by atoms with Gasteiger partial charge in [-0.15, -0.1) is 0 Å². The molecule has 2 aromatic heterocycles. The number of hydrogen-bond acceptors (Lipinski definition) is 3. The standard InChI is InChI=1S/C9H9N3O2/c1-6-5-8(12(13)14)9-7(2)10-3-4-11(6)9/h3-5H,1-2H3. The molecule has 2 aromatic rings. The van der Waals surface area contributed by atoms with Crippen molar-refractivity contribution in [1.29, 1.82) is 0 Å². The van der Waals surface area contributed by atoms with Crippen molar-refractivity contribution in [2.45, 2.75) is 13.8 Å². The summed E-state index contributed by atoms with van der Waals surface area (Å²) in [6.07, 6.45) is 3.36. The maximum atomic E-state index is 10.7. The number of nitro groups is 1. The summed E-state index contributed by atoms with van der Waals surface area (Å²) in [7, 11) is 0. The molecule has 0 aliphatic rings. The van der Waals surface area contributed by atoms with E-state index in [1.165, 1.54) is 0 Å². The van der Waals surface area contributed by atoms with Crippen LogP contribution in [0.1, 0.15) is 11.4 Å². The van der Waals surface area contributed by atoms with Gasteiger partial charge in [-0.05, 0) is 13.8 Å². The van der Waals surface area contributed by atoms with Gasteiger partial charge in [0, 0.05) is 24.2 Å². The minimum absolute atomic E-state index is 0.119. The van der Waals surface area contributed by atoms with Crippen LogP contribution in [0.15, 0.2) is 18.5 Å². The summed E-state index contributed by atoms with van der Waals surface area (Å²) in [5, 5.41) is 10.7. The van der Waals surface area contributed by atoms with E-state index in [-0.39, 0.29) is 10.6 Å². The maximum absolute atomic E-state index is 10.7. The second-order valence-electron chi connectivity index (χ2n) is 3.16. The van der Waals surface area contributed by atoms with E-state index in [0.717, 1.165) is 5.69 Å². The van der Waals surface area contributed by atoms with E-state index in [1.54, 1.807) is 29.8 Å². The monoisotopic (exact) mass is 191 g/mol. The molecule has 0 spiro atoms. The van der Waals surface area contributed by atoms with Gasteiger partial charge in [0.2, 0.25) is 0 Å². The molecule has 2 rings (SSSR count). The van der Waals surface area contributed by atoms with E-state index < -0.39 is 0 Å². The highest BCUT2D eigenvalue weighted by Crippen LogP contribution is 2.25. The Labute approximate surface area is 80.2 Å². The zero-order valence-electron chi connectivity index (χ0n) is 7.89. The third-order valence-corrected chi connectivity index (χ3v) is 2.23. The van der Waals surface area contributed by atoms with E-state index >= 15 is 0 Å². The summed E-state index contributed by atoms with van der Waals surface area (Å²) in [6.45, 7) is 3.60. The van der Waals surface area contributed by atoms with Gasteiger partial charge in [-0.3, -0.25) is 15.1 Å². The second-order valence-corrected chi connectivity index (χ2v) is 3.16. The van der Waals surface area contributed by atoms with Crippen LogP contribution in [0.5, 0.6) is 0 Å². The first-order valence-corrected chi connectivity index (χ1v) is 4.19. The normalized spacial score (nSPS) is 10.7. The maximum Gasteiger partial charge on any atom is 0.296 e. The number of nitrogens with zero attached hydrogens (tertiary/aromatic N) is 3. The predicted molar refractivity (Wildman–Crippen MR) is 51.3 cm³/mol. The molecule has 0 radical (unpaired) electrons. The van der Waals surface area contributed by atoms with Gasteiger partial charge in [-0.1, -0.05) is 0 Å². The lowest BCUT2D eigenvalue weighted by molar-refractivity contribution is -0.383. The Balaban J connectivity index is 2.93. The van der Waals surface area contributed by atoms with Crippen LogP contribution in [0.25, 0.3) is 5.52 Å². The summed E-state index contributed by atoms with van der Waals surface area (Å²) in [5.41, 5.74) is 2.22. The van der Waals surface area contributed by atoms with Crippen LogP contribution in [0, 0.1) is 24.0 Å². The van der Waals surface area contributed by atoms with E-state index in [1.807, 2.05) is 6.92 Å². The van der Waals surface area contributed by atoms with Crippen molar-refractivity contribution in [3.8, 4) is 0 Å². The lowest BCUT2D eigenvalue weighted by Gasteiger charge is -1.98. The van der Waals surface area contributed by atoms with Gasteiger partial charge in [0.15, 0.2) is 0 Å². The Morgan fingerprint density at radius 2 is 2.21 bits per heavy atom. The largest absolute Gasteiger partial charge is 0.312 e. The molecule has 0 amide bonds. The summed E-state index contributed by atoms with van der Waals surface area (Å²) >= 11 is 0. The Bertz CT molecular complexity index is 516. The number of aromatic nitrogens is 2. The average molecular weight is 191 g/mol. The van der Waals surface area contributed by atoms with Crippen molar-refractivity contribution in [1.82, 2.24) is 9.38 Å². The van der Waals surface area contributed by atoms with Crippen molar-refractivity contribution in [2.24, 2.45) is 0 Å². The first-order valence-electron chi connectivity index (χ1n) is 4.19. The minimum Gasteiger partial charge on any atom is -0.312 e. The van der Waals surface area contributed by atoms with Gasteiger partial charge in [0.25, 0.3) is 5.69 Å². The molecule has 0 unspecified atom stereocenters. The molecule has 5 nitrogen and oxygen atoms in total. The molecule has 0 N–H and O–H groups in total. The minimum atomic E-state index is -0.378. The molecule has 5 heteroatoms. The van der Waals surface area contributed by atoms with E-state index in [4.69, 9.17) is 0 Å².